The number of rotatable bonds is 4. The number of likely N-dealkylation sites (tertiary alicyclic amines) is 1. The summed E-state index contributed by atoms with van der Waals surface area (Å²) in [5, 5.41) is 0. The molecule has 0 saturated carbocycles. The summed E-state index contributed by atoms with van der Waals surface area (Å²) in [5.41, 5.74) is 3.75. The number of hydrogen-bond acceptors (Lipinski definition) is 1. The third kappa shape index (κ3) is 3.06. The van der Waals surface area contributed by atoms with E-state index in [0.717, 1.165) is 19.4 Å². The van der Waals surface area contributed by atoms with Gasteiger partial charge in [0.2, 0.25) is 5.91 Å². The predicted molar refractivity (Wildman–Crippen MR) is 89.6 cm³/mol. The molecule has 0 N–H and O–H groups in total. The van der Waals surface area contributed by atoms with E-state index in [4.69, 9.17) is 0 Å². The van der Waals surface area contributed by atoms with Crippen molar-refractivity contribution in [2.24, 2.45) is 5.92 Å². The van der Waals surface area contributed by atoms with E-state index < -0.39 is 0 Å². The second kappa shape index (κ2) is 6.35. The molecule has 1 heterocycles. The standard InChI is InChI=1S/C20H23NO/c1-15-7-6-8-17(13-15)14-19-11-12-21(20(19)22)16(2)18-9-4-3-5-10-18/h3-10,13,16,19H,11-12,14H2,1-2H3/t16-,19-/m1/s1. The van der Waals surface area contributed by atoms with Gasteiger partial charge in [-0.3, -0.25) is 4.79 Å². The lowest BCUT2D eigenvalue weighted by atomic mass is 9.97. The third-order valence-corrected chi connectivity index (χ3v) is 4.66. The third-order valence-electron chi connectivity index (χ3n) is 4.66. The molecule has 0 aliphatic carbocycles. The molecule has 1 amide bonds. The van der Waals surface area contributed by atoms with E-state index in [1.807, 2.05) is 23.1 Å². The molecule has 2 heteroatoms. The number of carbonyl (C=O) groups is 1. The SMILES string of the molecule is Cc1cccc(C[C@H]2CCN([C@H](C)c3ccccc3)C2=O)c1. The number of aryl methyl sites for hydroxylation is 1. The average Bonchev–Trinajstić information content (AvgIpc) is 2.89. The molecule has 0 spiro atoms. The summed E-state index contributed by atoms with van der Waals surface area (Å²) in [6.07, 6.45) is 1.82. The van der Waals surface area contributed by atoms with Crippen molar-refractivity contribution in [2.75, 3.05) is 6.54 Å². The van der Waals surface area contributed by atoms with Gasteiger partial charge in [-0.2, -0.15) is 0 Å². The van der Waals surface area contributed by atoms with Crippen molar-refractivity contribution < 1.29 is 4.79 Å². The maximum atomic E-state index is 12.7. The van der Waals surface area contributed by atoms with Crippen LogP contribution in [0.15, 0.2) is 54.6 Å². The van der Waals surface area contributed by atoms with Gasteiger partial charge in [-0.1, -0.05) is 60.2 Å². The molecular weight excluding hydrogens is 270 g/mol. The predicted octanol–water partition coefficient (Wildman–Crippen LogP) is 4.15. The second-order valence-electron chi connectivity index (χ2n) is 6.30. The fourth-order valence-corrected chi connectivity index (χ4v) is 3.37. The summed E-state index contributed by atoms with van der Waals surface area (Å²) >= 11 is 0. The Morgan fingerprint density at radius 2 is 1.91 bits per heavy atom. The van der Waals surface area contributed by atoms with Crippen LogP contribution in [0.25, 0.3) is 0 Å². The highest BCUT2D eigenvalue weighted by Crippen LogP contribution is 2.30. The molecule has 0 aromatic heterocycles. The quantitative estimate of drug-likeness (QED) is 0.829. The Bertz CT molecular complexity index is 650. The molecule has 114 valence electrons. The molecule has 2 atom stereocenters. The summed E-state index contributed by atoms with van der Waals surface area (Å²) in [6, 6.07) is 19.0. The lowest BCUT2D eigenvalue weighted by Crippen LogP contribution is -2.30. The minimum Gasteiger partial charge on any atom is -0.336 e. The highest BCUT2D eigenvalue weighted by atomic mass is 16.2. The second-order valence-corrected chi connectivity index (χ2v) is 6.30. The summed E-state index contributed by atoms with van der Waals surface area (Å²) < 4.78 is 0. The van der Waals surface area contributed by atoms with E-state index in [0.29, 0.717) is 5.91 Å². The number of carbonyl (C=O) groups excluding carboxylic acids is 1. The average molecular weight is 293 g/mol. The molecule has 1 saturated heterocycles. The number of hydrogen-bond donors (Lipinski definition) is 0. The van der Waals surface area contributed by atoms with Crippen LogP contribution in [0.4, 0.5) is 0 Å². The minimum absolute atomic E-state index is 0.132. The maximum Gasteiger partial charge on any atom is 0.226 e. The van der Waals surface area contributed by atoms with Crippen LogP contribution >= 0.6 is 0 Å². The molecule has 2 nitrogen and oxygen atoms in total. The molecular formula is C20H23NO. The zero-order valence-electron chi connectivity index (χ0n) is 13.3. The maximum absolute atomic E-state index is 12.7. The molecule has 0 bridgehead atoms. The van der Waals surface area contributed by atoms with Crippen molar-refractivity contribution in [3.63, 3.8) is 0 Å². The van der Waals surface area contributed by atoms with Crippen LogP contribution < -0.4 is 0 Å². The summed E-state index contributed by atoms with van der Waals surface area (Å²) in [4.78, 5) is 14.8. The molecule has 2 aromatic rings. The smallest absolute Gasteiger partial charge is 0.226 e. The van der Waals surface area contributed by atoms with E-state index in [9.17, 15) is 4.79 Å². The van der Waals surface area contributed by atoms with E-state index >= 15 is 0 Å². The Morgan fingerprint density at radius 1 is 1.14 bits per heavy atom. The van der Waals surface area contributed by atoms with Crippen LogP contribution in [0.1, 0.15) is 36.1 Å². The first kappa shape index (κ1) is 14.8. The Labute approximate surface area is 132 Å². The van der Waals surface area contributed by atoms with Crippen LogP contribution in [0.3, 0.4) is 0 Å². The Balaban J connectivity index is 1.70. The molecule has 1 aliphatic heterocycles. The summed E-state index contributed by atoms with van der Waals surface area (Å²) in [7, 11) is 0. The van der Waals surface area contributed by atoms with Gasteiger partial charge in [0, 0.05) is 12.5 Å². The van der Waals surface area contributed by atoms with Gasteiger partial charge in [0.25, 0.3) is 0 Å². The normalized spacial score (nSPS) is 19.5. The van der Waals surface area contributed by atoms with Crippen LogP contribution in [-0.2, 0) is 11.2 Å². The van der Waals surface area contributed by atoms with Gasteiger partial charge < -0.3 is 4.90 Å². The Kier molecular flexibility index (Phi) is 4.28. The Morgan fingerprint density at radius 3 is 2.64 bits per heavy atom. The summed E-state index contributed by atoms with van der Waals surface area (Å²) in [5.74, 6) is 0.436. The number of amides is 1. The van der Waals surface area contributed by atoms with E-state index in [2.05, 4.69) is 50.2 Å². The van der Waals surface area contributed by atoms with Gasteiger partial charge in [-0.05, 0) is 37.8 Å². The van der Waals surface area contributed by atoms with E-state index in [1.165, 1.54) is 16.7 Å². The van der Waals surface area contributed by atoms with Crippen molar-refractivity contribution in [2.45, 2.75) is 32.7 Å². The van der Waals surface area contributed by atoms with Gasteiger partial charge in [0.1, 0.15) is 0 Å². The number of benzene rings is 2. The van der Waals surface area contributed by atoms with Crippen LogP contribution in [-0.4, -0.2) is 17.4 Å². The van der Waals surface area contributed by atoms with Crippen LogP contribution in [0.5, 0.6) is 0 Å². The molecule has 2 aromatic carbocycles. The lowest BCUT2D eigenvalue weighted by Gasteiger charge is -2.25. The molecule has 22 heavy (non-hydrogen) atoms. The molecule has 3 rings (SSSR count). The first-order valence-corrected chi connectivity index (χ1v) is 8.06. The van der Waals surface area contributed by atoms with Gasteiger partial charge in [-0.25, -0.2) is 0 Å². The fourth-order valence-electron chi connectivity index (χ4n) is 3.37. The highest BCUT2D eigenvalue weighted by molar-refractivity contribution is 5.81. The van der Waals surface area contributed by atoms with Crippen molar-refractivity contribution >= 4 is 5.91 Å². The van der Waals surface area contributed by atoms with Crippen molar-refractivity contribution in [1.29, 1.82) is 0 Å². The monoisotopic (exact) mass is 293 g/mol. The van der Waals surface area contributed by atoms with Crippen molar-refractivity contribution in [1.82, 2.24) is 4.90 Å². The molecule has 0 radical (unpaired) electrons. The zero-order chi connectivity index (χ0) is 15.5. The minimum atomic E-state index is 0.132. The van der Waals surface area contributed by atoms with E-state index in [-0.39, 0.29) is 12.0 Å². The van der Waals surface area contributed by atoms with Crippen molar-refractivity contribution in [3.05, 3.63) is 71.3 Å². The molecule has 1 aliphatic rings. The van der Waals surface area contributed by atoms with Gasteiger partial charge >= 0.3 is 0 Å². The largest absolute Gasteiger partial charge is 0.336 e. The number of nitrogens with zero attached hydrogens (tertiary/aromatic N) is 1. The topological polar surface area (TPSA) is 20.3 Å². The molecule has 1 fully saturated rings. The van der Waals surface area contributed by atoms with Crippen molar-refractivity contribution in [3.8, 4) is 0 Å². The fraction of sp³-hybridized carbons (Fsp3) is 0.350. The van der Waals surface area contributed by atoms with Gasteiger partial charge in [0.05, 0.1) is 6.04 Å². The first-order valence-electron chi connectivity index (χ1n) is 8.06. The van der Waals surface area contributed by atoms with Crippen LogP contribution in [0.2, 0.25) is 0 Å². The van der Waals surface area contributed by atoms with Gasteiger partial charge in [-0.15, -0.1) is 0 Å². The Hall–Kier alpha value is -2.09. The zero-order valence-corrected chi connectivity index (χ0v) is 13.3. The lowest BCUT2D eigenvalue weighted by molar-refractivity contribution is -0.132. The first-order chi connectivity index (χ1) is 10.6. The highest BCUT2D eigenvalue weighted by Gasteiger charge is 2.34. The van der Waals surface area contributed by atoms with Crippen LogP contribution in [0, 0.1) is 12.8 Å². The van der Waals surface area contributed by atoms with Gasteiger partial charge in [0.15, 0.2) is 0 Å². The molecule has 0 unspecified atom stereocenters. The summed E-state index contributed by atoms with van der Waals surface area (Å²) in [6.45, 7) is 5.09. The van der Waals surface area contributed by atoms with E-state index in [1.54, 1.807) is 0 Å².